The number of nitrogens with zero attached hydrogens (tertiary/aromatic N) is 2. The number of anilines is 1. The van der Waals surface area contributed by atoms with Crippen LogP contribution in [-0.2, 0) is 4.74 Å². The maximum atomic E-state index is 10.3. The van der Waals surface area contributed by atoms with Crippen molar-refractivity contribution in [1.29, 1.82) is 0 Å². The summed E-state index contributed by atoms with van der Waals surface area (Å²) in [6, 6.07) is 14.1. The zero-order valence-corrected chi connectivity index (χ0v) is 12.2. The van der Waals surface area contributed by atoms with Crippen molar-refractivity contribution in [3.05, 3.63) is 59.9 Å². The largest absolute Gasteiger partial charge is 0.351 e. The van der Waals surface area contributed by atoms with Crippen molar-refractivity contribution in [1.82, 2.24) is 9.97 Å². The van der Waals surface area contributed by atoms with Crippen LogP contribution in [0.1, 0.15) is 17.2 Å². The Balaban J connectivity index is 1.80. The highest BCUT2D eigenvalue weighted by Crippen LogP contribution is 2.36. The van der Waals surface area contributed by atoms with Crippen LogP contribution in [0.3, 0.4) is 0 Å². The summed E-state index contributed by atoms with van der Waals surface area (Å²) in [6.07, 6.45) is 0.744. The number of benzene rings is 2. The number of imidazole rings is 1. The normalized spacial score (nSPS) is 21.6. The van der Waals surface area contributed by atoms with Crippen molar-refractivity contribution < 1.29 is 9.84 Å². The van der Waals surface area contributed by atoms with Gasteiger partial charge in [0.05, 0.1) is 30.0 Å². The number of ether oxygens (including phenoxy) is 1. The lowest BCUT2D eigenvalue weighted by atomic mass is 10.1. The second-order valence-electron chi connectivity index (χ2n) is 5.55. The Morgan fingerprint density at radius 3 is 2.91 bits per heavy atom. The zero-order valence-electron chi connectivity index (χ0n) is 12.2. The van der Waals surface area contributed by atoms with Crippen LogP contribution < -0.4 is 4.90 Å². The molecule has 5 heteroatoms. The van der Waals surface area contributed by atoms with Gasteiger partial charge in [0.2, 0.25) is 6.41 Å². The van der Waals surface area contributed by atoms with Gasteiger partial charge < -0.3 is 19.7 Å². The van der Waals surface area contributed by atoms with E-state index >= 15 is 0 Å². The van der Waals surface area contributed by atoms with Gasteiger partial charge >= 0.3 is 0 Å². The number of rotatable bonds is 2. The fourth-order valence-corrected chi connectivity index (χ4v) is 3.09. The van der Waals surface area contributed by atoms with Gasteiger partial charge in [-0.1, -0.05) is 30.3 Å². The van der Waals surface area contributed by atoms with Crippen LogP contribution >= 0.6 is 0 Å². The van der Waals surface area contributed by atoms with Crippen LogP contribution in [0, 0.1) is 6.92 Å². The molecule has 1 aromatic heterocycles. The van der Waals surface area contributed by atoms with Crippen LogP contribution in [0.4, 0.5) is 5.69 Å². The molecule has 3 aromatic rings. The summed E-state index contributed by atoms with van der Waals surface area (Å²) in [5, 5.41) is 10.3. The first-order valence-electron chi connectivity index (χ1n) is 7.31. The Labute approximate surface area is 128 Å². The lowest BCUT2D eigenvalue weighted by molar-refractivity contribution is -0.0575. The number of H-pyrrole nitrogens is 1. The van der Waals surface area contributed by atoms with Crippen molar-refractivity contribution in [2.45, 2.75) is 19.4 Å². The quantitative estimate of drug-likeness (QED) is 0.763. The van der Waals surface area contributed by atoms with E-state index in [4.69, 9.17) is 4.74 Å². The number of nitrogens with one attached hydrogen (secondary N) is 1. The van der Waals surface area contributed by atoms with Gasteiger partial charge in [-0.05, 0) is 30.2 Å². The molecule has 1 aliphatic rings. The summed E-state index contributed by atoms with van der Waals surface area (Å²) in [5.74, 6) is 0. The van der Waals surface area contributed by atoms with Crippen LogP contribution in [-0.4, -0.2) is 28.1 Å². The molecule has 1 fully saturated rings. The summed E-state index contributed by atoms with van der Waals surface area (Å²) in [6.45, 7) is 2.49. The molecule has 2 N–H and O–H groups in total. The molecule has 0 bridgehead atoms. The SMILES string of the molecule is Cc1cc(N2C(O)OC[C@@H]2c2ccccc2)cc2nc[nH]c12. The zero-order chi connectivity index (χ0) is 15.1. The third-order valence-corrected chi connectivity index (χ3v) is 4.17. The molecule has 0 saturated carbocycles. The highest BCUT2D eigenvalue weighted by molar-refractivity contribution is 5.82. The third kappa shape index (κ3) is 2.06. The van der Waals surface area contributed by atoms with E-state index in [0.29, 0.717) is 6.61 Å². The monoisotopic (exact) mass is 295 g/mol. The second kappa shape index (κ2) is 5.12. The van der Waals surface area contributed by atoms with Crippen molar-refractivity contribution in [3.63, 3.8) is 0 Å². The molecule has 22 heavy (non-hydrogen) atoms. The summed E-state index contributed by atoms with van der Waals surface area (Å²) in [4.78, 5) is 9.37. The predicted octanol–water partition coefficient (Wildman–Crippen LogP) is 2.73. The Kier molecular flexibility index (Phi) is 3.10. The van der Waals surface area contributed by atoms with E-state index < -0.39 is 6.41 Å². The van der Waals surface area contributed by atoms with Gasteiger partial charge in [-0.25, -0.2) is 4.98 Å². The van der Waals surface area contributed by atoms with Gasteiger partial charge in [-0.3, -0.25) is 0 Å². The molecular formula is C17H17N3O2. The van der Waals surface area contributed by atoms with Crippen LogP contribution in [0.5, 0.6) is 0 Å². The summed E-state index contributed by atoms with van der Waals surface area (Å²) < 4.78 is 5.47. The first-order chi connectivity index (χ1) is 10.7. The average molecular weight is 295 g/mol. The smallest absolute Gasteiger partial charge is 0.238 e. The number of aromatic nitrogens is 2. The van der Waals surface area contributed by atoms with Crippen molar-refractivity contribution in [2.24, 2.45) is 0 Å². The minimum absolute atomic E-state index is 0.00741. The van der Waals surface area contributed by atoms with Gasteiger partial charge in [0.15, 0.2) is 0 Å². The van der Waals surface area contributed by atoms with Gasteiger partial charge in [-0.15, -0.1) is 0 Å². The number of aliphatic hydroxyl groups excluding tert-OH is 1. The molecule has 1 unspecified atom stereocenters. The molecule has 1 aliphatic heterocycles. The lowest BCUT2D eigenvalue weighted by Gasteiger charge is -2.28. The van der Waals surface area contributed by atoms with Crippen molar-refractivity contribution >= 4 is 16.7 Å². The predicted molar refractivity (Wildman–Crippen MR) is 84.5 cm³/mol. The minimum Gasteiger partial charge on any atom is -0.351 e. The molecule has 2 aromatic carbocycles. The molecule has 0 aliphatic carbocycles. The third-order valence-electron chi connectivity index (χ3n) is 4.17. The first kappa shape index (κ1) is 13.3. The van der Waals surface area contributed by atoms with E-state index in [1.54, 1.807) is 6.33 Å². The molecule has 112 valence electrons. The Hall–Kier alpha value is -2.37. The van der Waals surface area contributed by atoms with E-state index in [9.17, 15) is 5.11 Å². The molecule has 4 rings (SSSR count). The number of aromatic amines is 1. The number of hydrogen-bond donors (Lipinski definition) is 2. The highest BCUT2D eigenvalue weighted by Gasteiger charge is 2.34. The number of aryl methyl sites for hydroxylation is 1. The number of aliphatic hydroxyl groups is 1. The minimum atomic E-state index is -0.944. The number of fused-ring (bicyclic) bond motifs is 1. The summed E-state index contributed by atoms with van der Waals surface area (Å²) in [7, 11) is 0. The second-order valence-corrected chi connectivity index (χ2v) is 5.55. The molecule has 0 amide bonds. The molecule has 0 spiro atoms. The molecular weight excluding hydrogens is 278 g/mol. The van der Waals surface area contributed by atoms with E-state index in [2.05, 4.69) is 22.1 Å². The van der Waals surface area contributed by atoms with Gasteiger partial charge in [0.25, 0.3) is 0 Å². The number of hydrogen-bond acceptors (Lipinski definition) is 4. The van der Waals surface area contributed by atoms with E-state index in [-0.39, 0.29) is 6.04 Å². The average Bonchev–Trinajstić information content (AvgIpc) is 3.14. The van der Waals surface area contributed by atoms with Crippen LogP contribution in [0.15, 0.2) is 48.8 Å². The Morgan fingerprint density at radius 2 is 2.09 bits per heavy atom. The van der Waals surface area contributed by atoms with Crippen molar-refractivity contribution in [3.8, 4) is 0 Å². The van der Waals surface area contributed by atoms with Gasteiger partial charge in [0.1, 0.15) is 0 Å². The van der Waals surface area contributed by atoms with Gasteiger partial charge in [0, 0.05) is 5.69 Å². The molecule has 2 atom stereocenters. The Bertz CT molecular complexity index is 800. The highest BCUT2D eigenvalue weighted by atomic mass is 16.6. The van der Waals surface area contributed by atoms with Gasteiger partial charge in [-0.2, -0.15) is 0 Å². The maximum Gasteiger partial charge on any atom is 0.238 e. The Morgan fingerprint density at radius 1 is 1.27 bits per heavy atom. The maximum absolute atomic E-state index is 10.3. The van der Waals surface area contributed by atoms with Crippen LogP contribution in [0.2, 0.25) is 0 Å². The van der Waals surface area contributed by atoms with Crippen molar-refractivity contribution in [2.75, 3.05) is 11.5 Å². The summed E-state index contributed by atoms with van der Waals surface area (Å²) in [5.41, 5.74) is 5.04. The van der Waals surface area contributed by atoms with E-state index in [0.717, 1.165) is 27.8 Å². The standard InChI is InChI=1S/C17H17N3O2/c1-11-7-13(8-14-16(11)19-10-18-14)20-15(9-22-17(20)21)12-5-3-2-4-6-12/h2-8,10,15,17,21H,9H2,1H3,(H,18,19)/t15-,17?/m1/s1. The fraction of sp³-hybridized carbons (Fsp3) is 0.235. The molecule has 2 heterocycles. The lowest BCUT2D eigenvalue weighted by Crippen LogP contribution is -2.32. The molecule has 1 saturated heterocycles. The molecule has 5 nitrogen and oxygen atoms in total. The summed E-state index contributed by atoms with van der Waals surface area (Å²) >= 11 is 0. The fourth-order valence-electron chi connectivity index (χ4n) is 3.09. The molecule has 0 radical (unpaired) electrons. The topological polar surface area (TPSA) is 61.4 Å². The first-order valence-corrected chi connectivity index (χ1v) is 7.31. The van der Waals surface area contributed by atoms with E-state index in [1.165, 1.54) is 0 Å². The van der Waals surface area contributed by atoms with E-state index in [1.807, 2.05) is 42.2 Å². The van der Waals surface area contributed by atoms with Crippen LogP contribution in [0.25, 0.3) is 11.0 Å².